The molecule has 4 unspecified atom stereocenters. The second-order valence-electron chi connectivity index (χ2n) is 11.3. The monoisotopic (exact) mass is 466 g/mol. The van der Waals surface area contributed by atoms with E-state index in [-0.39, 0.29) is 6.42 Å². The Morgan fingerprint density at radius 2 is 1.79 bits per heavy atom. The summed E-state index contributed by atoms with van der Waals surface area (Å²) in [5.74, 6) is -5.12. The number of aliphatic hydroxyl groups is 2. The van der Waals surface area contributed by atoms with Gasteiger partial charge in [0.1, 0.15) is 12.2 Å². The Balaban J connectivity index is 1.71. The number of hydrogen-bond donors (Lipinski definition) is 2. The van der Waals surface area contributed by atoms with Crippen LogP contribution in [0.4, 0.5) is 0 Å². The number of carbonyl (C=O) groups excluding carboxylic acids is 4. The van der Waals surface area contributed by atoms with Gasteiger partial charge in [0.25, 0.3) is 0 Å². The van der Waals surface area contributed by atoms with E-state index in [0.29, 0.717) is 0 Å². The second kappa shape index (κ2) is 5.52. The average molecular weight is 466 g/mol. The SMILES string of the molecule is CC(=O)O[C@H]1C(=O)O[C@H]2O[C@]34C(=O)OC5CC(C(C)(C)C)C21C53[C@@H](O)[C@@H]1OC(=O)[C@@H](C)[C@@]14O. The van der Waals surface area contributed by atoms with E-state index in [1.54, 1.807) is 0 Å². The van der Waals surface area contributed by atoms with Gasteiger partial charge in [0.15, 0.2) is 11.7 Å². The molecule has 180 valence electrons. The van der Waals surface area contributed by atoms with Crippen molar-refractivity contribution in [3.63, 3.8) is 0 Å². The van der Waals surface area contributed by atoms with Crippen LogP contribution in [0.15, 0.2) is 0 Å². The van der Waals surface area contributed by atoms with Gasteiger partial charge in [0.05, 0.1) is 16.7 Å². The lowest BCUT2D eigenvalue weighted by molar-refractivity contribution is -0.239. The van der Waals surface area contributed by atoms with Gasteiger partial charge in [-0.3, -0.25) is 9.59 Å². The van der Waals surface area contributed by atoms with Crippen LogP contribution in [0.5, 0.6) is 0 Å². The van der Waals surface area contributed by atoms with Crippen molar-refractivity contribution in [3.8, 4) is 0 Å². The first-order chi connectivity index (χ1) is 15.2. The second-order valence-corrected chi connectivity index (χ2v) is 11.3. The van der Waals surface area contributed by atoms with E-state index in [4.69, 9.17) is 23.7 Å². The highest BCUT2D eigenvalue weighted by atomic mass is 16.8. The minimum Gasteiger partial charge on any atom is -0.459 e. The summed E-state index contributed by atoms with van der Waals surface area (Å²) in [4.78, 5) is 51.2. The van der Waals surface area contributed by atoms with Gasteiger partial charge >= 0.3 is 23.9 Å². The summed E-state index contributed by atoms with van der Waals surface area (Å²) >= 11 is 0. The molecule has 11 atom stereocenters. The molecular formula is C22H26O11. The van der Waals surface area contributed by atoms with Crippen LogP contribution in [-0.2, 0) is 42.9 Å². The molecule has 11 nitrogen and oxygen atoms in total. The fourth-order valence-corrected chi connectivity index (χ4v) is 8.40. The fourth-order valence-electron chi connectivity index (χ4n) is 8.40. The lowest BCUT2D eigenvalue weighted by atomic mass is 9.51. The minimum atomic E-state index is -2.29. The summed E-state index contributed by atoms with van der Waals surface area (Å²) < 4.78 is 28.4. The molecule has 0 amide bonds. The van der Waals surface area contributed by atoms with Crippen molar-refractivity contribution in [2.24, 2.45) is 28.1 Å². The highest BCUT2D eigenvalue weighted by molar-refractivity contribution is 5.94. The highest BCUT2D eigenvalue weighted by Crippen LogP contribution is 2.84. The molecule has 2 N–H and O–H groups in total. The van der Waals surface area contributed by atoms with Crippen LogP contribution in [0, 0.1) is 28.1 Å². The van der Waals surface area contributed by atoms with Crippen molar-refractivity contribution >= 4 is 23.9 Å². The molecule has 0 aromatic heterocycles. The Hall–Kier alpha value is -2.24. The summed E-state index contributed by atoms with van der Waals surface area (Å²) in [5.41, 5.74) is -8.44. The molecule has 4 saturated heterocycles. The zero-order valence-electron chi connectivity index (χ0n) is 18.8. The van der Waals surface area contributed by atoms with Crippen molar-refractivity contribution in [2.45, 2.75) is 82.9 Å². The molecule has 0 aromatic carbocycles. The zero-order valence-corrected chi connectivity index (χ0v) is 18.8. The van der Waals surface area contributed by atoms with E-state index in [1.165, 1.54) is 6.92 Å². The predicted molar refractivity (Wildman–Crippen MR) is 102 cm³/mol. The lowest BCUT2D eigenvalue weighted by Crippen LogP contribution is -2.67. The molecule has 2 aliphatic carbocycles. The Morgan fingerprint density at radius 3 is 2.39 bits per heavy atom. The van der Waals surface area contributed by atoms with E-state index < -0.39 is 93.9 Å². The minimum absolute atomic E-state index is 0.202. The number of aliphatic hydroxyl groups excluding tert-OH is 1. The fraction of sp³-hybridized carbons (Fsp3) is 0.818. The van der Waals surface area contributed by atoms with Crippen LogP contribution < -0.4 is 0 Å². The molecule has 33 heavy (non-hydrogen) atoms. The highest BCUT2D eigenvalue weighted by Gasteiger charge is 3.04. The number of fused-ring (bicyclic) bond motifs is 1. The van der Waals surface area contributed by atoms with Crippen molar-refractivity contribution < 1.29 is 53.1 Å². The van der Waals surface area contributed by atoms with Gasteiger partial charge in [-0.2, -0.15) is 0 Å². The van der Waals surface area contributed by atoms with Crippen molar-refractivity contribution in [1.29, 1.82) is 0 Å². The predicted octanol–water partition coefficient (Wildman–Crippen LogP) is -0.799. The lowest BCUT2D eigenvalue weighted by Gasteiger charge is -2.48. The topological polar surface area (TPSA) is 155 Å². The standard InChI is InChI=1S/C22H26O11/c1-7-14(25)31-12-11(24)20-10-6-9(18(3,4)5)19(20)13(29-8(2)23)15(26)32-17(19)33-22(20,16(27)30-10)21(7,12)28/h7,9-13,17,24,28H,6H2,1-5H3/t7-,9?,10?,11+,12+,13+,17+,19?,20?,21-,22-/m1/s1. The van der Waals surface area contributed by atoms with Crippen LogP contribution in [0.25, 0.3) is 0 Å². The van der Waals surface area contributed by atoms with Gasteiger partial charge in [0, 0.05) is 6.92 Å². The molecule has 6 rings (SSSR count). The summed E-state index contributed by atoms with van der Waals surface area (Å²) in [5, 5.41) is 23.8. The van der Waals surface area contributed by atoms with Crippen LogP contribution in [0.1, 0.15) is 41.0 Å². The van der Waals surface area contributed by atoms with Gasteiger partial charge in [-0.25, -0.2) is 9.59 Å². The first-order valence-electron chi connectivity index (χ1n) is 11.1. The quantitative estimate of drug-likeness (QED) is 0.369. The molecule has 2 spiro atoms. The smallest absolute Gasteiger partial charge is 0.350 e. The maximum Gasteiger partial charge on any atom is 0.350 e. The van der Waals surface area contributed by atoms with Crippen molar-refractivity contribution in [2.75, 3.05) is 0 Å². The molecule has 6 fully saturated rings. The number of carbonyl (C=O) groups is 4. The molecular weight excluding hydrogens is 440 g/mol. The van der Waals surface area contributed by atoms with E-state index >= 15 is 0 Å². The molecule has 11 heteroatoms. The molecule has 6 aliphatic rings. The third kappa shape index (κ3) is 1.71. The molecule has 0 aromatic rings. The van der Waals surface area contributed by atoms with Gasteiger partial charge in [-0.1, -0.05) is 20.8 Å². The van der Waals surface area contributed by atoms with Crippen molar-refractivity contribution in [3.05, 3.63) is 0 Å². The maximum atomic E-state index is 13.6. The molecule has 0 radical (unpaired) electrons. The largest absolute Gasteiger partial charge is 0.459 e. The summed E-state index contributed by atoms with van der Waals surface area (Å²) in [7, 11) is 0. The molecule has 2 saturated carbocycles. The Morgan fingerprint density at radius 1 is 1.12 bits per heavy atom. The van der Waals surface area contributed by atoms with E-state index in [9.17, 15) is 29.4 Å². The Kier molecular flexibility index (Phi) is 3.57. The third-order valence-corrected chi connectivity index (χ3v) is 9.25. The van der Waals surface area contributed by atoms with Gasteiger partial charge in [-0.05, 0) is 24.7 Å². The van der Waals surface area contributed by atoms with E-state index in [2.05, 4.69) is 0 Å². The van der Waals surface area contributed by atoms with Gasteiger partial charge < -0.3 is 33.9 Å². The van der Waals surface area contributed by atoms with Crippen LogP contribution >= 0.6 is 0 Å². The summed E-state index contributed by atoms with van der Waals surface area (Å²) in [6, 6.07) is 0. The van der Waals surface area contributed by atoms with Crippen molar-refractivity contribution in [1.82, 2.24) is 0 Å². The zero-order chi connectivity index (χ0) is 24.1. The van der Waals surface area contributed by atoms with E-state index in [0.717, 1.165) is 6.92 Å². The first kappa shape index (κ1) is 21.3. The summed E-state index contributed by atoms with van der Waals surface area (Å²) in [6.07, 6.45) is -6.89. The average Bonchev–Trinajstić information content (AvgIpc) is 3.40. The maximum absolute atomic E-state index is 13.6. The molecule has 0 bridgehead atoms. The third-order valence-electron chi connectivity index (χ3n) is 9.25. The van der Waals surface area contributed by atoms with Gasteiger partial charge in [-0.15, -0.1) is 0 Å². The number of ether oxygens (including phenoxy) is 5. The van der Waals surface area contributed by atoms with Gasteiger partial charge in [0.2, 0.25) is 18.0 Å². The number of esters is 4. The Bertz CT molecular complexity index is 1030. The van der Waals surface area contributed by atoms with Crippen LogP contribution in [0.3, 0.4) is 0 Å². The molecule has 4 heterocycles. The summed E-state index contributed by atoms with van der Waals surface area (Å²) in [6.45, 7) is 8.27. The van der Waals surface area contributed by atoms with Crippen LogP contribution in [0.2, 0.25) is 0 Å². The van der Waals surface area contributed by atoms with Crippen LogP contribution in [-0.4, -0.2) is 76.0 Å². The Labute approximate surface area is 188 Å². The number of rotatable bonds is 1. The normalized spacial score (nSPS) is 55.5. The molecule has 4 aliphatic heterocycles. The van der Waals surface area contributed by atoms with E-state index in [1.807, 2.05) is 20.8 Å². The number of hydrogen-bond acceptors (Lipinski definition) is 11. The first-order valence-corrected chi connectivity index (χ1v) is 11.1.